The minimum atomic E-state index is -0.585. The molecule has 158 valence electrons. The van der Waals surface area contributed by atoms with Crippen LogP contribution in [0.5, 0.6) is 0 Å². The highest BCUT2D eigenvalue weighted by molar-refractivity contribution is 7.21. The molecule has 3 amide bonds. The number of para-hydroxylation sites is 2. The molecule has 0 bridgehead atoms. The van der Waals surface area contributed by atoms with Crippen LogP contribution in [0.25, 0.3) is 20.8 Å². The fourth-order valence-corrected chi connectivity index (χ4v) is 4.86. The Morgan fingerprint density at radius 3 is 2.22 bits per heavy atom. The van der Waals surface area contributed by atoms with Gasteiger partial charge in [0.05, 0.1) is 37.1 Å². The second-order valence-electron chi connectivity index (χ2n) is 7.09. The highest BCUT2D eigenvalue weighted by Crippen LogP contribution is 2.35. The van der Waals surface area contributed by atoms with Crippen molar-refractivity contribution >= 4 is 68.2 Å². The maximum Gasteiger partial charge on any atom is 0.262 e. The van der Waals surface area contributed by atoms with Gasteiger partial charge in [-0.25, -0.2) is 4.98 Å². The molecule has 0 fully saturated rings. The van der Waals surface area contributed by atoms with Crippen LogP contribution in [-0.2, 0) is 4.79 Å². The molecule has 0 spiro atoms. The predicted octanol–water partition coefficient (Wildman–Crippen LogP) is 5.50. The Bertz CT molecular complexity index is 1360. The summed E-state index contributed by atoms with van der Waals surface area (Å²) in [4.78, 5) is 43.6. The lowest BCUT2D eigenvalue weighted by Crippen LogP contribution is -2.37. The van der Waals surface area contributed by atoms with E-state index in [0.717, 1.165) is 25.7 Å². The number of amides is 3. The van der Waals surface area contributed by atoms with E-state index in [4.69, 9.17) is 23.2 Å². The molecule has 1 aromatic heterocycles. The van der Waals surface area contributed by atoms with Crippen molar-refractivity contribution in [2.45, 2.75) is 0 Å². The van der Waals surface area contributed by atoms with Crippen molar-refractivity contribution < 1.29 is 14.4 Å². The van der Waals surface area contributed by atoms with Crippen LogP contribution in [0.4, 0.5) is 5.69 Å². The van der Waals surface area contributed by atoms with Gasteiger partial charge in [0.25, 0.3) is 11.8 Å². The number of hydrogen-bond acceptors (Lipinski definition) is 5. The standard InChI is InChI=1S/C23H13Cl2N3O3S/c24-15-9-13-14(10-16(15)25)23(31)28(22(13)30)11-20(29)26-17-6-2-1-5-12(17)21-27-18-7-3-4-8-19(18)32-21/h1-10H,11H2,(H,26,29). The lowest BCUT2D eigenvalue weighted by Gasteiger charge is -2.15. The number of carbonyl (C=O) groups is 3. The van der Waals surface area contributed by atoms with Crippen molar-refractivity contribution in [3.63, 3.8) is 0 Å². The number of nitrogens with one attached hydrogen (secondary N) is 1. The molecule has 5 rings (SSSR count). The first-order chi connectivity index (χ1) is 15.4. The van der Waals surface area contributed by atoms with E-state index in [9.17, 15) is 14.4 Å². The van der Waals surface area contributed by atoms with Crippen LogP contribution >= 0.6 is 34.5 Å². The number of rotatable bonds is 4. The maximum atomic E-state index is 12.8. The third kappa shape index (κ3) is 3.54. The summed E-state index contributed by atoms with van der Waals surface area (Å²) >= 11 is 13.5. The molecule has 9 heteroatoms. The Balaban J connectivity index is 1.39. The number of benzene rings is 3. The van der Waals surface area contributed by atoms with Crippen LogP contribution in [0.15, 0.2) is 60.7 Å². The van der Waals surface area contributed by atoms with Gasteiger partial charge in [0.1, 0.15) is 11.6 Å². The SMILES string of the molecule is O=C(CN1C(=O)c2cc(Cl)c(Cl)cc2C1=O)Nc1ccccc1-c1nc2ccccc2s1. The summed E-state index contributed by atoms with van der Waals surface area (Å²) in [7, 11) is 0. The number of halogens is 2. The Labute approximate surface area is 196 Å². The van der Waals surface area contributed by atoms with E-state index in [1.54, 1.807) is 12.1 Å². The number of thiazole rings is 1. The number of fused-ring (bicyclic) bond motifs is 2. The number of carbonyl (C=O) groups excluding carboxylic acids is 3. The van der Waals surface area contributed by atoms with E-state index in [-0.39, 0.29) is 21.2 Å². The Morgan fingerprint density at radius 2 is 1.53 bits per heavy atom. The topological polar surface area (TPSA) is 79.4 Å². The highest BCUT2D eigenvalue weighted by atomic mass is 35.5. The van der Waals surface area contributed by atoms with Crippen LogP contribution < -0.4 is 5.32 Å². The molecule has 0 aliphatic carbocycles. The van der Waals surface area contributed by atoms with Crippen molar-refractivity contribution in [1.29, 1.82) is 0 Å². The van der Waals surface area contributed by atoms with Gasteiger partial charge in [0.15, 0.2) is 0 Å². The van der Waals surface area contributed by atoms with Gasteiger partial charge in [-0.1, -0.05) is 47.5 Å². The third-order valence-electron chi connectivity index (χ3n) is 5.04. The van der Waals surface area contributed by atoms with Gasteiger partial charge < -0.3 is 5.32 Å². The molecule has 1 aliphatic heterocycles. The van der Waals surface area contributed by atoms with Gasteiger partial charge >= 0.3 is 0 Å². The van der Waals surface area contributed by atoms with E-state index >= 15 is 0 Å². The van der Waals surface area contributed by atoms with Crippen LogP contribution in [0.2, 0.25) is 10.0 Å². The Kier molecular flexibility index (Phi) is 5.17. The zero-order valence-electron chi connectivity index (χ0n) is 16.3. The molecule has 32 heavy (non-hydrogen) atoms. The molecule has 3 aromatic carbocycles. The number of anilines is 1. The molecule has 2 heterocycles. The summed E-state index contributed by atoms with van der Waals surface area (Å²) in [5.74, 6) is -1.68. The lowest BCUT2D eigenvalue weighted by atomic mass is 10.1. The van der Waals surface area contributed by atoms with Crippen molar-refractivity contribution in [1.82, 2.24) is 9.88 Å². The Morgan fingerprint density at radius 1 is 0.906 bits per heavy atom. The molecule has 0 saturated heterocycles. The molecule has 1 aliphatic rings. The monoisotopic (exact) mass is 481 g/mol. The molecule has 6 nitrogen and oxygen atoms in total. The summed E-state index contributed by atoms with van der Waals surface area (Å²) in [6, 6.07) is 17.7. The molecule has 0 radical (unpaired) electrons. The highest BCUT2D eigenvalue weighted by Gasteiger charge is 2.37. The number of hydrogen-bond donors (Lipinski definition) is 1. The van der Waals surface area contributed by atoms with Gasteiger partial charge in [-0.15, -0.1) is 11.3 Å². The lowest BCUT2D eigenvalue weighted by molar-refractivity contribution is -0.116. The second-order valence-corrected chi connectivity index (χ2v) is 8.93. The summed E-state index contributed by atoms with van der Waals surface area (Å²) in [5.41, 5.74) is 2.43. The quantitative estimate of drug-likeness (QED) is 0.390. The third-order valence-corrected chi connectivity index (χ3v) is 6.83. The summed E-state index contributed by atoms with van der Waals surface area (Å²) < 4.78 is 1.03. The van der Waals surface area contributed by atoms with Crippen LogP contribution in [-0.4, -0.2) is 34.2 Å². The number of nitrogens with zero attached hydrogens (tertiary/aromatic N) is 2. The molecule has 0 atom stereocenters. The van der Waals surface area contributed by atoms with Crippen molar-refractivity contribution in [3.05, 3.63) is 81.8 Å². The minimum Gasteiger partial charge on any atom is -0.324 e. The average molecular weight is 482 g/mol. The van der Waals surface area contributed by atoms with E-state index in [2.05, 4.69) is 10.3 Å². The minimum absolute atomic E-state index is 0.132. The van der Waals surface area contributed by atoms with Gasteiger partial charge in [0, 0.05) is 5.56 Å². The van der Waals surface area contributed by atoms with Gasteiger partial charge in [-0.05, 0) is 36.4 Å². The van der Waals surface area contributed by atoms with E-state index in [0.29, 0.717) is 5.69 Å². The van der Waals surface area contributed by atoms with E-state index in [1.165, 1.54) is 23.5 Å². The Hall–Kier alpha value is -3.26. The molecule has 0 saturated carbocycles. The maximum absolute atomic E-state index is 12.8. The largest absolute Gasteiger partial charge is 0.324 e. The first kappa shape index (κ1) is 20.6. The van der Waals surface area contributed by atoms with Crippen LogP contribution in [0.3, 0.4) is 0 Å². The number of aromatic nitrogens is 1. The van der Waals surface area contributed by atoms with Crippen LogP contribution in [0.1, 0.15) is 20.7 Å². The average Bonchev–Trinajstić information content (AvgIpc) is 3.30. The van der Waals surface area contributed by atoms with Crippen molar-refractivity contribution in [2.75, 3.05) is 11.9 Å². The summed E-state index contributed by atoms with van der Waals surface area (Å²) in [6.07, 6.45) is 0. The molecular weight excluding hydrogens is 469 g/mol. The number of imide groups is 1. The summed E-state index contributed by atoms with van der Waals surface area (Å²) in [6.45, 7) is -0.435. The smallest absolute Gasteiger partial charge is 0.262 e. The van der Waals surface area contributed by atoms with Gasteiger partial charge in [-0.2, -0.15) is 0 Å². The van der Waals surface area contributed by atoms with E-state index in [1.807, 2.05) is 36.4 Å². The first-order valence-corrected chi connectivity index (χ1v) is 11.1. The molecule has 0 unspecified atom stereocenters. The predicted molar refractivity (Wildman–Crippen MR) is 126 cm³/mol. The van der Waals surface area contributed by atoms with Crippen molar-refractivity contribution in [3.8, 4) is 10.6 Å². The second kappa shape index (κ2) is 8.02. The molecule has 4 aromatic rings. The fourth-order valence-electron chi connectivity index (χ4n) is 3.53. The van der Waals surface area contributed by atoms with Crippen molar-refractivity contribution in [2.24, 2.45) is 0 Å². The zero-order chi connectivity index (χ0) is 22.4. The first-order valence-electron chi connectivity index (χ1n) is 9.52. The van der Waals surface area contributed by atoms with Gasteiger partial charge in [0.2, 0.25) is 5.91 Å². The molecule has 1 N–H and O–H groups in total. The summed E-state index contributed by atoms with van der Waals surface area (Å²) in [5, 5.41) is 3.90. The van der Waals surface area contributed by atoms with E-state index < -0.39 is 24.3 Å². The zero-order valence-corrected chi connectivity index (χ0v) is 18.6. The van der Waals surface area contributed by atoms with Gasteiger partial charge in [-0.3, -0.25) is 19.3 Å². The fraction of sp³-hybridized carbons (Fsp3) is 0.0435. The van der Waals surface area contributed by atoms with Crippen LogP contribution in [0, 0.1) is 0 Å². The normalized spacial score (nSPS) is 13.0. The molecular formula is C23H13Cl2N3O3S.